The molecule has 0 atom stereocenters. The molecule has 0 aliphatic carbocycles. The minimum Gasteiger partial charge on any atom is -0.361 e. The summed E-state index contributed by atoms with van der Waals surface area (Å²) in [5.74, 6) is 0. The SMILES string of the molecule is C[NH+](C)CCCNC(=S)NNc1cccc(Br)c1. The third kappa shape index (κ3) is 6.78. The van der Waals surface area contributed by atoms with E-state index in [1.807, 2.05) is 24.3 Å². The van der Waals surface area contributed by atoms with E-state index in [0.717, 1.165) is 29.7 Å². The first-order valence-corrected chi connectivity index (χ1v) is 7.12. The van der Waals surface area contributed by atoms with Gasteiger partial charge in [0.2, 0.25) is 0 Å². The number of thiocarbonyl (C=S) groups is 1. The van der Waals surface area contributed by atoms with Gasteiger partial charge in [0, 0.05) is 17.4 Å². The normalized spacial score (nSPS) is 10.2. The number of nitrogens with one attached hydrogen (secondary N) is 4. The highest BCUT2D eigenvalue weighted by Gasteiger charge is 1.97. The van der Waals surface area contributed by atoms with Crippen LogP contribution in [-0.4, -0.2) is 32.3 Å². The van der Waals surface area contributed by atoms with Crippen LogP contribution in [0, 0.1) is 0 Å². The highest BCUT2D eigenvalue weighted by atomic mass is 79.9. The van der Waals surface area contributed by atoms with E-state index in [1.165, 1.54) is 4.90 Å². The second kappa shape index (κ2) is 8.29. The molecule has 1 rings (SSSR count). The van der Waals surface area contributed by atoms with Crippen LogP contribution in [-0.2, 0) is 0 Å². The van der Waals surface area contributed by atoms with Crippen LogP contribution in [0.3, 0.4) is 0 Å². The van der Waals surface area contributed by atoms with Crippen molar-refractivity contribution in [2.45, 2.75) is 6.42 Å². The minimum absolute atomic E-state index is 0.615. The number of hydrazine groups is 1. The molecule has 1 aromatic carbocycles. The van der Waals surface area contributed by atoms with Crippen molar-refractivity contribution in [2.75, 3.05) is 32.6 Å². The Balaban J connectivity index is 2.17. The van der Waals surface area contributed by atoms with Gasteiger partial charge in [0.25, 0.3) is 0 Å². The number of hydrogen-bond donors (Lipinski definition) is 4. The zero-order valence-electron chi connectivity index (χ0n) is 10.7. The summed E-state index contributed by atoms with van der Waals surface area (Å²) in [5, 5.41) is 3.77. The number of halogens is 1. The Morgan fingerprint density at radius 1 is 1.39 bits per heavy atom. The van der Waals surface area contributed by atoms with Crippen molar-refractivity contribution in [3.8, 4) is 0 Å². The number of benzene rings is 1. The largest absolute Gasteiger partial charge is 0.361 e. The Bertz CT molecular complexity index is 384. The van der Waals surface area contributed by atoms with Crippen molar-refractivity contribution in [1.29, 1.82) is 0 Å². The maximum Gasteiger partial charge on any atom is 0.185 e. The predicted molar refractivity (Wildman–Crippen MR) is 83.8 cm³/mol. The Morgan fingerprint density at radius 3 is 2.83 bits per heavy atom. The molecule has 0 bridgehead atoms. The van der Waals surface area contributed by atoms with E-state index in [-0.39, 0.29) is 0 Å². The van der Waals surface area contributed by atoms with Gasteiger partial charge < -0.3 is 10.2 Å². The molecule has 0 radical (unpaired) electrons. The fourth-order valence-electron chi connectivity index (χ4n) is 1.38. The van der Waals surface area contributed by atoms with Gasteiger partial charge >= 0.3 is 0 Å². The van der Waals surface area contributed by atoms with Crippen molar-refractivity contribution in [3.05, 3.63) is 28.7 Å². The van der Waals surface area contributed by atoms with Crippen molar-refractivity contribution < 1.29 is 4.90 Å². The highest BCUT2D eigenvalue weighted by molar-refractivity contribution is 9.10. The van der Waals surface area contributed by atoms with E-state index in [9.17, 15) is 0 Å². The van der Waals surface area contributed by atoms with Gasteiger partial charge in [0.05, 0.1) is 26.3 Å². The molecule has 0 fully saturated rings. The van der Waals surface area contributed by atoms with Crippen LogP contribution in [0.4, 0.5) is 5.69 Å². The summed E-state index contributed by atoms with van der Waals surface area (Å²) in [6.45, 7) is 2.02. The summed E-state index contributed by atoms with van der Waals surface area (Å²) < 4.78 is 1.03. The molecule has 0 spiro atoms. The lowest BCUT2D eigenvalue weighted by molar-refractivity contribution is -0.858. The average molecular weight is 332 g/mol. The van der Waals surface area contributed by atoms with Crippen LogP contribution < -0.4 is 21.1 Å². The first-order chi connectivity index (χ1) is 8.58. The van der Waals surface area contributed by atoms with Crippen LogP contribution >= 0.6 is 28.1 Å². The summed E-state index contributed by atoms with van der Waals surface area (Å²) in [6.07, 6.45) is 1.10. The van der Waals surface area contributed by atoms with Crippen molar-refractivity contribution in [3.63, 3.8) is 0 Å². The van der Waals surface area contributed by atoms with Crippen LogP contribution in [0.15, 0.2) is 28.7 Å². The van der Waals surface area contributed by atoms with Crippen LogP contribution in [0.2, 0.25) is 0 Å². The summed E-state index contributed by atoms with van der Waals surface area (Å²) in [7, 11) is 4.29. The summed E-state index contributed by atoms with van der Waals surface area (Å²) in [5.41, 5.74) is 6.97. The third-order valence-electron chi connectivity index (χ3n) is 2.28. The van der Waals surface area contributed by atoms with Gasteiger partial charge in [0.15, 0.2) is 5.11 Å². The summed E-state index contributed by atoms with van der Waals surface area (Å²) in [6, 6.07) is 7.89. The Kier molecular flexibility index (Phi) is 7.00. The van der Waals surface area contributed by atoms with E-state index in [4.69, 9.17) is 12.2 Å². The smallest absolute Gasteiger partial charge is 0.185 e. The minimum atomic E-state index is 0.615. The fourth-order valence-corrected chi connectivity index (χ4v) is 1.94. The van der Waals surface area contributed by atoms with E-state index in [1.54, 1.807) is 0 Å². The van der Waals surface area contributed by atoms with Crippen molar-refractivity contribution in [1.82, 2.24) is 10.7 Å². The molecule has 0 saturated carbocycles. The van der Waals surface area contributed by atoms with Gasteiger partial charge in [-0.15, -0.1) is 0 Å². The molecule has 0 aliphatic heterocycles. The molecule has 0 aromatic heterocycles. The number of quaternary nitrogens is 1. The molecule has 0 aliphatic rings. The third-order valence-corrected chi connectivity index (χ3v) is 3.02. The van der Waals surface area contributed by atoms with Gasteiger partial charge in [-0.1, -0.05) is 22.0 Å². The van der Waals surface area contributed by atoms with Crippen molar-refractivity contribution in [2.24, 2.45) is 0 Å². The Labute approximate surface area is 122 Å². The first-order valence-electron chi connectivity index (χ1n) is 5.92. The second-order valence-corrected chi connectivity index (χ2v) is 5.65. The maximum atomic E-state index is 5.16. The molecule has 18 heavy (non-hydrogen) atoms. The van der Waals surface area contributed by atoms with E-state index < -0.39 is 0 Å². The van der Waals surface area contributed by atoms with E-state index >= 15 is 0 Å². The molecule has 1 aromatic rings. The number of anilines is 1. The lowest BCUT2D eigenvalue weighted by atomic mass is 10.3. The zero-order chi connectivity index (χ0) is 13.4. The topological polar surface area (TPSA) is 40.5 Å². The van der Waals surface area contributed by atoms with Gasteiger partial charge in [0.1, 0.15) is 0 Å². The molecule has 4 N–H and O–H groups in total. The summed E-state index contributed by atoms with van der Waals surface area (Å²) >= 11 is 8.58. The molecular formula is C12H20BrN4S+. The van der Waals surface area contributed by atoms with Crippen molar-refractivity contribution >= 4 is 38.9 Å². The van der Waals surface area contributed by atoms with Crippen LogP contribution in [0.1, 0.15) is 6.42 Å². The van der Waals surface area contributed by atoms with E-state index in [2.05, 4.69) is 46.2 Å². The Morgan fingerprint density at radius 2 is 2.17 bits per heavy atom. The lowest BCUT2D eigenvalue weighted by Gasteiger charge is -2.13. The number of hydrogen-bond acceptors (Lipinski definition) is 2. The Hall–Kier alpha value is -0.850. The molecule has 0 saturated heterocycles. The molecular weight excluding hydrogens is 312 g/mol. The molecule has 6 heteroatoms. The number of rotatable bonds is 6. The van der Waals surface area contributed by atoms with Gasteiger partial charge in [-0.3, -0.25) is 10.9 Å². The van der Waals surface area contributed by atoms with Gasteiger partial charge in [-0.25, -0.2) is 0 Å². The lowest BCUT2D eigenvalue weighted by Crippen LogP contribution is -3.05. The molecule has 0 amide bonds. The monoisotopic (exact) mass is 331 g/mol. The molecule has 0 unspecified atom stereocenters. The standard InChI is InChI=1S/C12H19BrN4S/c1-17(2)8-4-7-14-12(18)16-15-11-6-3-5-10(13)9-11/h3,5-6,9,15H,4,7-8H2,1-2H3,(H2,14,16,18)/p+1. The van der Waals surface area contributed by atoms with E-state index in [0.29, 0.717) is 5.11 Å². The van der Waals surface area contributed by atoms with Crippen LogP contribution in [0.5, 0.6) is 0 Å². The highest BCUT2D eigenvalue weighted by Crippen LogP contribution is 2.14. The predicted octanol–water partition coefficient (Wildman–Crippen LogP) is 0.775. The average Bonchev–Trinajstić information content (AvgIpc) is 2.32. The maximum absolute atomic E-state index is 5.16. The molecule has 4 nitrogen and oxygen atoms in total. The molecule has 100 valence electrons. The quantitative estimate of drug-likeness (QED) is 0.353. The molecule has 0 heterocycles. The zero-order valence-corrected chi connectivity index (χ0v) is 13.1. The second-order valence-electron chi connectivity index (χ2n) is 4.33. The van der Waals surface area contributed by atoms with Crippen LogP contribution in [0.25, 0.3) is 0 Å². The van der Waals surface area contributed by atoms with Gasteiger partial charge in [-0.2, -0.15) is 0 Å². The van der Waals surface area contributed by atoms with Gasteiger partial charge in [-0.05, 0) is 30.4 Å². The first kappa shape index (κ1) is 15.2. The summed E-state index contributed by atoms with van der Waals surface area (Å²) in [4.78, 5) is 1.45. The fraction of sp³-hybridized carbons (Fsp3) is 0.417.